The minimum atomic E-state index is -0.306. The van der Waals surface area contributed by atoms with E-state index >= 15 is 0 Å². The molecule has 100 valence electrons. The van der Waals surface area contributed by atoms with Crippen LogP contribution < -0.4 is 5.32 Å². The first kappa shape index (κ1) is 14.0. The van der Waals surface area contributed by atoms with Gasteiger partial charge in [0.25, 0.3) is 0 Å². The Morgan fingerprint density at radius 3 is 2.47 bits per heavy atom. The van der Waals surface area contributed by atoms with E-state index in [9.17, 15) is 4.39 Å². The van der Waals surface area contributed by atoms with Crippen LogP contribution in [0.25, 0.3) is 0 Å². The molecule has 0 bridgehead atoms. The lowest BCUT2D eigenvalue weighted by atomic mass is 10.1. The first-order chi connectivity index (χ1) is 9.06. The van der Waals surface area contributed by atoms with E-state index in [1.54, 1.807) is 6.07 Å². The van der Waals surface area contributed by atoms with Gasteiger partial charge in [-0.05, 0) is 37.1 Å². The molecule has 3 heteroatoms. The van der Waals surface area contributed by atoms with Gasteiger partial charge in [-0.3, -0.25) is 0 Å². The van der Waals surface area contributed by atoms with E-state index in [0.717, 1.165) is 12.1 Å². The molecule has 1 N–H and O–H groups in total. The lowest BCUT2D eigenvalue weighted by molar-refractivity contribution is 0.571. The predicted molar refractivity (Wildman–Crippen MR) is 77.8 cm³/mol. The van der Waals surface area contributed by atoms with Crippen molar-refractivity contribution < 1.29 is 4.39 Å². The van der Waals surface area contributed by atoms with Crippen LogP contribution in [0.15, 0.2) is 42.5 Å². The summed E-state index contributed by atoms with van der Waals surface area (Å²) in [7, 11) is 0. The van der Waals surface area contributed by atoms with Crippen LogP contribution in [0.4, 0.5) is 4.39 Å². The molecule has 0 radical (unpaired) electrons. The summed E-state index contributed by atoms with van der Waals surface area (Å²) in [6.07, 6.45) is 0. The van der Waals surface area contributed by atoms with Gasteiger partial charge < -0.3 is 5.32 Å². The average molecular weight is 278 g/mol. The van der Waals surface area contributed by atoms with Crippen molar-refractivity contribution in [2.45, 2.75) is 26.4 Å². The maximum Gasteiger partial charge on any atom is 0.124 e. The van der Waals surface area contributed by atoms with Crippen LogP contribution in [0.1, 0.15) is 29.7 Å². The maximum atomic E-state index is 13.0. The lowest BCUT2D eigenvalue weighted by Gasteiger charge is -2.16. The zero-order valence-corrected chi connectivity index (χ0v) is 11.8. The second-order valence-corrected chi connectivity index (χ2v) is 5.16. The number of hydrogen-bond donors (Lipinski definition) is 1. The van der Waals surface area contributed by atoms with Gasteiger partial charge in [0.1, 0.15) is 5.82 Å². The van der Waals surface area contributed by atoms with Gasteiger partial charge in [0.05, 0.1) is 0 Å². The summed E-state index contributed by atoms with van der Waals surface area (Å²) in [5.41, 5.74) is 3.38. The molecule has 0 saturated carbocycles. The zero-order chi connectivity index (χ0) is 13.8. The number of aryl methyl sites for hydroxylation is 1. The summed E-state index contributed by atoms with van der Waals surface area (Å²) in [5.74, 6) is -0.306. The van der Waals surface area contributed by atoms with Crippen LogP contribution in [-0.4, -0.2) is 0 Å². The SMILES string of the molecule is Cc1ccc(CNC(C)c2ccc(F)cc2Cl)cc1. The molecule has 2 aromatic carbocycles. The summed E-state index contributed by atoms with van der Waals surface area (Å²) < 4.78 is 13.0. The molecule has 1 unspecified atom stereocenters. The fourth-order valence-corrected chi connectivity index (χ4v) is 2.27. The van der Waals surface area contributed by atoms with Crippen molar-refractivity contribution in [3.8, 4) is 0 Å². The summed E-state index contributed by atoms with van der Waals surface area (Å²) in [6, 6.07) is 13.0. The molecule has 0 amide bonds. The lowest BCUT2D eigenvalue weighted by Crippen LogP contribution is -2.18. The molecule has 2 rings (SSSR count). The highest BCUT2D eigenvalue weighted by atomic mass is 35.5. The van der Waals surface area contributed by atoms with Gasteiger partial charge in [-0.25, -0.2) is 4.39 Å². The first-order valence-electron chi connectivity index (χ1n) is 6.30. The molecule has 0 aliphatic carbocycles. The smallest absolute Gasteiger partial charge is 0.124 e. The van der Waals surface area contributed by atoms with E-state index < -0.39 is 0 Å². The Labute approximate surface area is 118 Å². The van der Waals surface area contributed by atoms with Crippen molar-refractivity contribution in [2.75, 3.05) is 0 Å². The number of hydrogen-bond acceptors (Lipinski definition) is 1. The molecule has 0 spiro atoms. The van der Waals surface area contributed by atoms with E-state index in [1.165, 1.54) is 23.3 Å². The summed E-state index contributed by atoms with van der Waals surface area (Å²) in [6.45, 7) is 4.85. The van der Waals surface area contributed by atoms with Crippen LogP contribution in [0.3, 0.4) is 0 Å². The Bertz CT molecular complexity index is 551. The highest BCUT2D eigenvalue weighted by Gasteiger charge is 2.09. The van der Waals surface area contributed by atoms with Gasteiger partial charge in [0, 0.05) is 17.6 Å². The molecule has 0 saturated heterocycles. The summed E-state index contributed by atoms with van der Waals surface area (Å²) in [4.78, 5) is 0. The fraction of sp³-hybridized carbons (Fsp3) is 0.250. The number of benzene rings is 2. The quantitative estimate of drug-likeness (QED) is 0.858. The standard InChI is InChI=1S/C16H17ClFN/c1-11-3-5-13(6-4-11)10-19-12(2)15-8-7-14(18)9-16(15)17/h3-9,12,19H,10H2,1-2H3. The molecule has 2 aromatic rings. The van der Waals surface area contributed by atoms with E-state index in [0.29, 0.717) is 5.02 Å². The topological polar surface area (TPSA) is 12.0 Å². The second-order valence-electron chi connectivity index (χ2n) is 4.75. The van der Waals surface area contributed by atoms with Crippen molar-refractivity contribution in [1.29, 1.82) is 0 Å². The molecule has 0 aliphatic rings. The third-order valence-electron chi connectivity index (χ3n) is 3.16. The van der Waals surface area contributed by atoms with Crippen LogP contribution in [0.2, 0.25) is 5.02 Å². The van der Waals surface area contributed by atoms with Gasteiger partial charge in [-0.2, -0.15) is 0 Å². The highest BCUT2D eigenvalue weighted by Crippen LogP contribution is 2.23. The first-order valence-corrected chi connectivity index (χ1v) is 6.68. The Balaban J connectivity index is 2.01. The Kier molecular flexibility index (Phi) is 4.56. The van der Waals surface area contributed by atoms with E-state index in [1.807, 2.05) is 6.92 Å². The monoisotopic (exact) mass is 277 g/mol. The Morgan fingerprint density at radius 1 is 1.16 bits per heavy atom. The van der Waals surface area contributed by atoms with Crippen molar-refractivity contribution >= 4 is 11.6 Å². The van der Waals surface area contributed by atoms with Crippen LogP contribution in [0, 0.1) is 12.7 Å². The van der Waals surface area contributed by atoms with Crippen molar-refractivity contribution in [1.82, 2.24) is 5.32 Å². The largest absolute Gasteiger partial charge is 0.306 e. The van der Waals surface area contributed by atoms with Gasteiger partial charge in [-0.1, -0.05) is 47.5 Å². The van der Waals surface area contributed by atoms with Gasteiger partial charge in [0.15, 0.2) is 0 Å². The fourth-order valence-electron chi connectivity index (χ4n) is 1.94. The minimum absolute atomic E-state index is 0.0782. The zero-order valence-electron chi connectivity index (χ0n) is 11.1. The van der Waals surface area contributed by atoms with Crippen molar-refractivity contribution in [3.63, 3.8) is 0 Å². The molecular formula is C16H17ClFN. The molecule has 0 aromatic heterocycles. The average Bonchev–Trinajstić information content (AvgIpc) is 2.37. The Hall–Kier alpha value is -1.38. The van der Waals surface area contributed by atoms with Crippen molar-refractivity contribution in [3.05, 3.63) is 70.0 Å². The minimum Gasteiger partial charge on any atom is -0.306 e. The Morgan fingerprint density at radius 2 is 1.84 bits per heavy atom. The molecule has 1 atom stereocenters. The van der Waals surface area contributed by atoms with Crippen LogP contribution in [0.5, 0.6) is 0 Å². The second kappa shape index (κ2) is 6.18. The molecule has 1 nitrogen and oxygen atoms in total. The summed E-state index contributed by atoms with van der Waals surface area (Å²) in [5, 5.41) is 3.85. The van der Waals surface area contributed by atoms with Gasteiger partial charge >= 0.3 is 0 Å². The number of nitrogens with one attached hydrogen (secondary N) is 1. The highest BCUT2D eigenvalue weighted by molar-refractivity contribution is 6.31. The van der Waals surface area contributed by atoms with Gasteiger partial charge in [0.2, 0.25) is 0 Å². The maximum absolute atomic E-state index is 13.0. The third-order valence-corrected chi connectivity index (χ3v) is 3.49. The van der Waals surface area contributed by atoms with E-state index in [4.69, 9.17) is 11.6 Å². The number of halogens is 2. The predicted octanol–water partition coefficient (Wildman–Crippen LogP) is 4.64. The van der Waals surface area contributed by atoms with Crippen LogP contribution in [-0.2, 0) is 6.54 Å². The van der Waals surface area contributed by atoms with E-state index in [-0.39, 0.29) is 11.9 Å². The number of rotatable bonds is 4. The van der Waals surface area contributed by atoms with Gasteiger partial charge in [-0.15, -0.1) is 0 Å². The van der Waals surface area contributed by atoms with Crippen LogP contribution >= 0.6 is 11.6 Å². The molecule has 19 heavy (non-hydrogen) atoms. The summed E-state index contributed by atoms with van der Waals surface area (Å²) >= 11 is 6.05. The normalized spacial score (nSPS) is 12.4. The molecular weight excluding hydrogens is 261 g/mol. The molecule has 0 heterocycles. The van der Waals surface area contributed by atoms with E-state index in [2.05, 4.69) is 36.5 Å². The molecule has 0 fully saturated rings. The third kappa shape index (κ3) is 3.79. The van der Waals surface area contributed by atoms with Crippen molar-refractivity contribution in [2.24, 2.45) is 0 Å². The molecule has 0 aliphatic heterocycles.